The summed E-state index contributed by atoms with van der Waals surface area (Å²) in [5.74, 6) is -0.0597. The Balaban J connectivity index is 2.59. The average molecular weight is 226 g/mol. The molecule has 1 aromatic carbocycles. The average Bonchev–Trinajstić information content (AvgIpc) is 2.45. The Bertz CT molecular complexity index is 507. The van der Waals surface area contributed by atoms with E-state index >= 15 is 0 Å². The summed E-state index contributed by atoms with van der Waals surface area (Å²) in [6.45, 7) is 1.80. The predicted octanol–water partition coefficient (Wildman–Crippen LogP) is 2.56. The van der Waals surface area contributed by atoms with Gasteiger partial charge in [-0.3, -0.25) is 0 Å². The number of hydrogen-bond acceptors (Lipinski definition) is 2. The smallest absolute Gasteiger partial charge is 0.150 e. The van der Waals surface area contributed by atoms with E-state index in [1.165, 1.54) is 10.7 Å². The first kappa shape index (κ1) is 9.98. The number of nitrogens with two attached hydrogens (primary N) is 1. The highest BCUT2D eigenvalue weighted by Crippen LogP contribution is 2.20. The van der Waals surface area contributed by atoms with Crippen molar-refractivity contribution in [3.8, 4) is 5.69 Å². The SMILES string of the molecule is Cc1cc(N)nn1-c1ccc(Cl)cc1F. The third-order valence-electron chi connectivity index (χ3n) is 2.04. The Morgan fingerprint density at radius 2 is 2.13 bits per heavy atom. The number of halogens is 2. The summed E-state index contributed by atoms with van der Waals surface area (Å²) in [4.78, 5) is 0. The van der Waals surface area contributed by atoms with Gasteiger partial charge in [0, 0.05) is 16.8 Å². The fourth-order valence-corrected chi connectivity index (χ4v) is 1.55. The normalized spacial score (nSPS) is 10.6. The van der Waals surface area contributed by atoms with Crippen LogP contribution in [0.25, 0.3) is 5.69 Å². The molecule has 0 amide bonds. The predicted molar refractivity (Wildman–Crippen MR) is 57.7 cm³/mol. The van der Waals surface area contributed by atoms with Gasteiger partial charge in [-0.05, 0) is 25.1 Å². The molecular formula is C10H9ClFN3. The Hall–Kier alpha value is -1.55. The van der Waals surface area contributed by atoms with E-state index in [2.05, 4.69) is 5.10 Å². The van der Waals surface area contributed by atoms with Crippen LogP contribution in [0.3, 0.4) is 0 Å². The molecule has 0 radical (unpaired) electrons. The van der Waals surface area contributed by atoms with Crippen LogP contribution >= 0.6 is 11.6 Å². The van der Waals surface area contributed by atoms with Crippen LogP contribution < -0.4 is 5.73 Å². The van der Waals surface area contributed by atoms with Crippen molar-refractivity contribution in [2.75, 3.05) is 5.73 Å². The van der Waals surface area contributed by atoms with Crippen molar-refractivity contribution in [1.82, 2.24) is 9.78 Å². The van der Waals surface area contributed by atoms with Gasteiger partial charge in [0.1, 0.15) is 17.3 Å². The van der Waals surface area contributed by atoms with Crippen molar-refractivity contribution >= 4 is 17.4 Å². The summed E-state index contributed by atoms with van der Waals surface area (Å²) in [6.07, 6.45) is 0. The first-order valence-electron chi connectivity index (χ1n) is 4.35. The lowest BCUT2D eigenvalue weighted by Crippen LogP contribution is -2.02. The number of benzene rings is 1. The molecule has 0 saturated carbocycles. The molecular weight excluding hydrogens is 217 g/mol. The maximum Gasteiger partial charge on any atom is 0.150 e. The van der Waals surface area contributed by atoms with Crippen LogP contribution in [-0.4, -0.2) is 9.78 Å². The lowest BCUT2D eigenvalue weighted by Gasteiger charge is -2.05. The second-order valence-electron chi connectivity index (χ2n) is 3.22. The van der Waals surface area contributed by atoms with Gasteiger partial charge < -0.3 is 5.73 Å². The zero-order valence-corrected chi connectivity index (χ0v) is 8.79. The third-order valence-corrected chi connectivity index (χ3v) is 2.28. The summed E-state index contributed by atoms with van der Waals surface area (Å²) in [5.41, 5.74) is 6.63. The summed E-state index contributed by atoms with van der Waals surface area (Å²) in [6, 6.07) is 6.09. The molecule has 0 aliphatic carbocycles. The summed E-state index contributed by atoms with van der Waals surface area (Å²) >= 11 is 5.66. The molecule has 0 aliphatic heterocycles. The second kappa shape index (κ2) is 3.55. The van der Waals surface area contributed by atoms with E-state index in [9.17, 15) is 4.39 Å². The van der Waals surface area contributed by atoms with E-state index in [-0.39, 0.29) is 0 Å². The number of rotatable bonds is 1. The molecule has 0 atom stereocenters. The molecule has 0 aliphatic rings. The van der Waals surface area contributed by atoms with Gasteiger partial charge in [-0.15, -0.1) is 0 Å². The number of anilines is 1. The second-order valence-corrected chi connectivity index (χ2v) is 3.65. The van der Waals surface area contributed by atoms with Crippen molar-refractivity contribution < 1.29 is 4.39 Å². The minimum absolute atomic E-state index is 0.341. The van der Waals surface area contributed by atoms with Crippen molar-refractivity contribution in [2.24, 2.45) is 0 Å². The molecule has 3 nitrogen and oxygen atoms in total. The van der Waals surface area contributed by atoms with Crippen molar-refractivity contribution in [3.63, 3.8) is 0 Å². The van der Waals surface area contributed by atoms with E-state index in [4.69, 9.17) is 17.3 Å². The first-order valence-corrected chi connectivity index (χ1v) is 4.73. The van der Waals surface area contributed by atoms with Crippen LogP contribution in [0.5, 0.6) is 0 Å². The van der Waals surface area contributed by atoms with Crippen LogP contribution in [0.2, 0.25) is 5.02 Å². The summed E-state index contributed by atoms with van der Waals surface area (Å²) < 4.78 is 15.0. The maximum absolute atomic E-state index is 13.5. The molecule has 1 heterocycles. The Labute approximate surface area is 91.3 Å². The highest BCUT2D eigenvalue weighted by atomic mass is 35.5. The van der Waals surface area contributed by atoms with Crippen LogP contribution in [0.4, 0.5) is 10.2 Å². The zero-order valence-electron chi connectivity index (χ0n) is 8.04. The molecule has 0 fully saturated rings. The first-order chi connectivity index (χ1) is 7.08. The van der Waals surface area contributed by atoms with E-state index in [1.54, 1.807) is 25.1 Å². The number of hydrogen-bond donors (Lipinski definition) is 1. The Morgan fingerprint density at radius 3 is 2.67 bits per heavy atom. The molecule has 5 heteroatoms. The van der Waals surface area contributed by atoms with Gasteiger partial charge in [-0.1, -0.05) is 11.6 Å². The van der Waals surface area contributed by atoms with Gasteiger partial charge in [0.2, 0.25) is 0 Å². The largest absolute Gasteiger partial charge is 0.382 e. The molecule has 2 aromatic rings. The molecule has 0 unspecified atom stereocenters. The Morgan fingerprint density at radius 1 is 1.40 bits per heavy atom. The van der Waals surface area contributed by atoms with Crippen LogP contribution in [0.1, 0.15) is 5.69 Å². The van der Waals surface area contributed by atoms with Crippen molar-refractivity contribution in [2.45, 2.75) is 6.92 Å². The van der Waals surface area contributed by atoms with Gasteiger partial charge in [-0.25, -0.2) is 9.07 Å². The summed E-state index contributed by atoms with van der Waals surface area (Å²) in [7, 11) is 0. The molecule has 0 bridgehead atoms. The van der Waals surface area contributed by atoms with Crippen molar-refractivity contribution in [3.05, 3.63) is 40.8 Å². The topological polar surface area (TPSA) is 43.8 Å². The highest BCUT2D eigenvalue weighted by Gasteiger charge is 2.09. The summed E-state index contributed by atoms with van der Waals surface area (Å²) in [5, 5.41) is 4.34. The third kappa shape index (κ3) is 1.80. The van der Waals surface area contributed by atoms with E-state index in [0.29, 0.717) is 16.5 Å². The van der Waals surface area contributed by atoms with Gasteiger partial charge in [0.05, 0.1) is 0 Å². The fourth-order valence-electron chi connectivity index (χ4n) is 1.40. The lowest BCUT2D eigenvalue weighted by molar-refractivity contribution is 0.609. The number of aryl methyl sites for hydroxylation is 1. The van der Waals surface area contributed by atoms with Crippen molar-refractivity contribution in [1.29, 1.82) is 0 Å². The number of aromatic nitrogens is 2. The van der Waals surface area contributed by atoms with Gasteiger partial charge in [-0.2, -0.15) is 5.10 Å². The van der Waals surface area contributed by atoms with E-state index in [0.717, 1.165) is 5.69 Å². The van der Waals surface area contributed by atoms with Crippen LogP contribution in [-0.2, 0) is 0 Å². The van der Waals surface area contributed by atoms with Crippen LogP contribution in [0, 0.1) is 12.7 Å². The molecule has 0 saturated heterocycles. The zero-order chi connectivity index (χ0) is 11.0. The van der Waals surface area contributed by atoms with E-state index < -0.39 is 5.82 Å². The number of nitrogens with zero attached hydrogens (tertiary/aromatic N) is 2. The molecule has 1 aromatic heterocycles. The molecule has 2 N–H and O–H groups in total. The van der Waals surface area contributed by atoms with Crippen LogP contribution in [0.15, 0.2) is 24.3 Å². The fraction of sp³-hybridized carbons (Fsp3) is 0.100. The lowest BCUT2D eigenvalue weighted by atomic mass is 10.3. The van der Waals surface area contributed by atoms with E-state index in [1.807, 2.05) is 0 Å². The highest BCUT2D eigenvalue weighted by molar-refractivity contribution is 6.30. The minimum atomic E-state index is -0.422. The Kier molecular flexibility index (Phi) is 2.36. The quantitative estimate of drug-likeness (QED) is 0.811. The molecule has 0 spiro atoms. The number of nitrogen functional groups attached to an aromatic ring is 1. The molecule has 15 heavy (non-hydrogen) atoms. The molecule has 78 valence electrons. The molecule has 2 rings (SSSR count). The van der Waals surface area contributed by atoms with Gasteiger partial charge in [0.15, 0.2) is 0 Å². The van der Waals surface area contributed by atoms with Gasteiger partial charge in [0.25, 0.3) is 0 Å². The standard InChI is InChI=1S/C10H9ClFN3/c1-6-4-10(13)14-15(6)9-3-2-7(11)5-8(9)12/h2-5H,1H3,(H2,13,14). The minimum Gasteiger partial charge on any atom is -0.382 e. The maximum atomic E-state index is 13.5. The van der Waals surface area contributed by atoms with Gasteiger partial charge >= 0.3 is 0 Å². The monoisotopic (exact) mass is 225 g/mol.